The first kappa shape index (κ1) is 14.5. The molecular weight excluding hydrogens is 290 g/mol. The normalized spacial score (nSPS) is 36.3. The van der Waals surface area contributed by atoms with Crippen molar-refractivity contribution < 1.29 is 14.7 Å². The Morgan fingerprint density at radius 2 is 1.70 bits per heavy atom. The van der Waals surface area contributed by atoms with Gasteiger partial charge in [-0.15, -0.1) is 0 Å². The monoisotopic (exact) mass is 311 g/mol. The molecule has 23 heavy (non-hydrogen) atoms. The second kappa shape index (κ2) is 5.52. The van der Waals surface area contributed by atoms with E-state index in [-0.39, 0.29) is 17.7 Å². The van der Waals surface area contributed by atoms with E-state index in [1.807, 2.05) is 36.4 Å². The maximum atomic E-state index is 12.6. The van der Waals surface area contributed by atoms with E-state index < -0.39 is 17.8 Å². The Kier molecular flexibility index (Phi) is 3.47. The van der Waals surface area contributed by atoms with Gasteiger partial charge in [-0.3, -0.25) is 9.59 Å². The molecule has 6 atom stereocenters. The minimum Gasteiger partial charge on any atom is -0.481 e. The molecule has 0 aromatic heterocycles. The van der Waals surface area contributed by atoms with Crippen molar-refractivity contribution in [3.8, 4) is 0 Å². The van der Waals surface area contributed by atoms with Crippen molar-refractivity contribution in [2.24, 2.45) is 35.5 Å². The van der Waals surface area contributed by atoms with Gasteiger partial charge in [0.25, 0.3) is 0 Å². The van der Waals surface area contributed by atoms with E-state index in [1.165, 1.54) is 5.56 Å². The predicted molar refractivity (Wildman–Crippen MR) is 85.5 cm³/mol. The molecule has 4 aliphatic carbocycles. The van der Waals surface area contributed by atoms with Gasteiger partial charge in [0.2, 0.25) is 5.91 Å². The summed E-state index contributed by atoms with van der Waals surface area (Å²) >= 11 is 0. The number of carbonyl (C=O) groups is 2. The fourth-order valence-corrected chi connectivity index (χ4v) is 4.66. The zero-order valence-corrected chi connectivity index (χ0v) is 12.9. The fourth-order valence-electron chi connectivity index (χ4n) is 4.66. The SMILES string of the molecule is O=C(O)[C@H]1[C@@H]2C=C[C@H]([C@H]3C[C@H]23)[C@@H]1C(=O)NCCc1ccccc1. The van der Waals surface area contributed by atoms with E-state index in [9.17, 15) is 14.7 Å². The van der Waals surface area contributed by atoms with Crippen LogP contribution in [0.2, 0.25) is 0 Å². The molecule has 4 aliphatic rings. The summed E-state index contributed by atoms with van der Waals surface area (Å²) < 4.78 is 0. The summed E-state index contributed by atoms with van der Waals surface area (Å²) in [7, 11) is 0. The number of fused-ring (bicyclic) bond motifs is 1. The molecule has 1 aromatic rings. The topological polar surface area (TPSA) is 66.4 Å². The number of hydrogen-bond acceptors (Lipinski definition) is 2. The van der Waals surface area contributed by atoms with Gasteiger partial charge >= 0.3 is 5.97 Å². The van der Waals surface area contributed by atoms with Crippen molar-refractivity contribution in [2.45, 2.75) is 12.8 Å². The molecular formula is C19H21NO3. The maximum absolute atomic E-state index is 12.6. The van der Waals surface area contributed by atoms with Crippen LogP contribution in [-0.2, 0) is 16.0 Å². The summed E-state index contributed by atoms with van der Waals surface area (Å²) in [5, 5.41) is 12.6. The second-order valence-corrected chi connectivity index (χ2v) is 7.02. The predicted octanol–water partition coefficient (Wildman–Crippen LogP) is 2.11. The number of benzene rings is 1. The number of allylic oxidation sites excluding steroid dienone is 2. The molecule has 2 saturated carbocycles. The molecule has 0 radical (unpaired) electrons. The molecule has 0 aliphatic heterocycles. The van der Waals surface area contributed by atoms with Crippen molar-refractivity contribution in [2.75, 3.05) is 6.54 Å². The van der Waals surface area contributed by atoms with Gasteiger partial charge in [0, 0.05) is 6.54 Å². The third kappa shape index (κ3) is 2.46. The number of carbonyl (C=O) groups excluding carboxylic acids is 1. The minimum atomic E-state index is -0.821. The quantitative estimate of drug-likeness (QED) is 0.819. The van der Waals surface area contributed by atoms with Gasteiger partial charge in [0.1, 0.15) is 0 Å². The van der Waals surface area contributed by atoms with Crippen molar-refractivity contribution in [1.82, 2.24) is 5.32 Å². The average molecular weight is 311 g/mol. The van der Waals surface area contributed by atoms with Gasteiger partial charge < -0.3 is 10.4 Å². The smallest absolute Gasteiger partial charge is 0.307 e. The Bertz CT molecular complexity index is 654. The Hall–Kier alpha value is -2.10. The van der Waals surface area contributed by atoms with E-state index >= 15 is 0 Å². The third-order valence-corrected chi connectivity index (χ3v) is 5.80. The number of carboxylic acids is 1. The second-order valence-electron chi connectivity index (χ2n) is 7.02. The lowest BCUT2D eigenvalue weighted by atomic mass is 9.62. The molecule has 1 amide bonds. The number of hydrogen-bond donors (Lipinski definition) is 2. The lowest BCUT2D eigenvalue weighted by Crippen LogP contribution is -2.50. The van der Waals surface area contributed by atoms with Crippen LogP contribution >= 0.6 is 0 Å². The Morgan fingerprint density at radius 1 is 1.04 bits per heavy atom. The standard InChI is InChI=1S/C19H21NO3/c21-18(20-9-8-11-4-2-1-3-5-11)16-12-6-7-13(15-10-14(12)15)17(16)19(22)23/h1-7,12-17H,8-10H2,(H,20,21)(H,22,23)/t12-,13-,14-,15-,16+,17+/m1/s1. The summed E-state index contributed by atoms with van der Waals surface area (Å²) in [6.45, 7) is 0.556. The zero-order chi connectivity index (χ0) is 16.0. The van der Waals surface area contributed by atoms with Gasteiger partial charge in [-0.2, -0.15) is 0 Å². The van der Waals surface area contributed by atoms with E-state index in [2.05, 4.69) is 11.4 Å². The van der Waals surface area contributed by atoms with Crippen LogP contribution in [0.4, 0.5) is 0 Å². The first-order valence-corrected chi connectivity index (χ1v) is 8.39. The minimum absolute atomic E-state index is 0.0485. The number of carboxylic acid groups (broad SMARTS) is 1. The van der Waals surface area contributed by atoms with Crippen LogP contribution < -0.4 is 5.32 Å². The van der Waals surface area contributed by atoms with Gasteiger partial charge in [0.05, 0.1) is 11.8 Å². The van der Waals surface area contributed by atoms with Crippen molar-refractivity contribution in [1.29, 1.82) is 0 Å². The highest BCUT2D eigenvalue weighted by Gasteiger charge is 2.62. The first-order valence-electron chi connectivity index (χ1n) is 8.39. The van der Waals surface area contributed by atoms with Gasteiger partial charge in [-0.05, 0) is 42.1 Å². The maximum Gasteiger partial charge on any atom is 0.307 e. The van der Waals surface area contributed by atoms with Crippen molar-refractivity contribution in [3.05, 3.63) is 48.0 Å². The van der Waals surface area contributed by atoms with Crippen molar-refractivity contribution in [3.63, 3.8) is 0 Å². The van der Waals surface area contributed by atoms with Gasteiger partial charge in [-0.25, -0.2) is 0 Å². The molecule has 0 heterocycles. The van der Waals surface area contributed by atoms with Crippen LogP contribution in [-0.4, -0.2) is 23.5 Å². The largest absolute Gasteiger partial charge is 0.481 e. The van der Waals surface area contributed by atoms with E-state index in [0.717, 1.165) is 12.8 Å². The molecule has 2 N–H and O–H groups in total. The molecule has 0 spiro atoms. The van der Waals surface area contributed by atoms with Crippen LogP contribution in [0.15, 0.2) is 42.5 Å². The van der Waals surface area contributed by atoms with Crippen LogP contribution in [0.25, 0.3) is 0 Å². The molecule has 5 rings (SSSR count). The highest BCUT2D eigenvalue weighted by atomic mass is 16.4. The highest BCUT2D eigenvalue weighted by Crippen LogP contribution is 2.63. The Morgan fingerprint density at radius 3 is 2.35 bits per heavy atom. The molecule has 2 fully saturated rings. The zero-order valence-electron chi connectivity index (χ0n) is 12.9. The number of nitrogens with one attached hydrogen (secondary N) is 1. The molecule has 120 valence electrons. The lowest BCUT2D eigenvalue weighted by molar-refractivity contribution is -0.153. The number of rotatable bonds is 5. The Labute approximate surface area is 135 Å². The van der Waals surface area contributed by atoms with E-state index in [1.54, 1.807) is 0 Å². The fraction of sp³-hybridized carbons (Fsp3) is 0.474. The summed E-state index contributed by atoms with van der Waals surface area (Å²) in [4.78, 5) is 24.4. The van der Waals surface area contributed by atoms with Crippen LogP contribution in [0.3, 0.4) is 0 Å². The van der Waals surface area contributed by atoms with Crippen LogP contribution in [0.5, 0.6) is 0 Å². The summed E-state index contributed by atoms with van der Waals surface area (Å²) in [5.41, 5.74) is 1.18. The van der Waals surface area contributed by atoms with E-state index in [0.29, 0.717) is 18.4 Å². The van der Waals surface area contributed by atoms with Crippen LogP contribution in [0, 0.1) is 35.5 Å². The van der Waals surface area contributed by atoms with Crippen LogP contribution in [0.1, 0.15) is 12.0 Å². The summed E-state index contributed by atoms with van der Waals surface area (Å²) in [6, 6.07) is 10.0. The Balaban J connectivity index is 1.43. The highest BCUT2D eigenvalue weighted by molar-refractivity contribution is 5.86. The summed E-state index contributed by atoms with van der Waals surface area (Å²) in [5.74, 6) is -0.663. The molecule has 0 saturated heterocycles. The first-order chi connectivity index (χ1) is 11.2. The molecule has 2 bridgehead atoms. The number of amides is 1. The van der Waals surface area contributed by atoms with Crippen molar-refractivity contribution >= 4 is 11.9 Å². The molecule has 4 heteroatoms. The third-order valence-electron chi connectivity index (χ3n) is 5.80. The lowest BCUT2D eigenvalue weighted by Gasteiger charge is -2.41. The molecule has 0 unspecified atom stereocenters. The molecule has 1 aromatic carbocycles. The van der Waals surface area contributed by atoms with E-state index in [4.69, 9.17) is 0 Å². The number of aliphatic carboxylic acids is 1. The van der Waals surface area contributed by atoms with Gasteiger partial charge in [0.15, 0.2) is 0 Å². The van der Waals surface area contributed by atoms with Gasteiger partial charge in [-0.1, -0.05) is 42.5 Å². The summed E-state index contributed by atoms with van der Waals surface area (Å²) in [6.07, 6.45) is 6.00. The molecule has 4 nitrogen and oxygen atoms in total. The average Bonchev–Trinajstić information content (AvgIpc) is 3.37.